The summed E-state index contributed by atoms with van der Waals surface area (Å²) in [6, 6.07) is 12.0. The summed E-state index contributed by atoms with van der Waals surface area (Å²) in [5.74, 6) is -1.33. The van der Waals surface area contributed by atoms with E-state index in [0.29, 0.717) is 12.2 Å². The van der Waals surface area contributed by atoms with Crippen LogP contribution in [0.25, 0.3) is 0 Å². The minimum Gasteiger partial charge on any atom is -0.378 e. The van der Waals surface area contributed by atoms with E-state index >= 15 is 0 Å². The number of anilines is 2. The van der Waals surface area contributed by atoms with E-state index in [-0.39, 0.29) is 29.8 Å². The second-order valence-corrected chi connectivity index (χ2v) is 7.19. The van der Waals surface area contributed by atoms with Gasteiger partial charge in [0.1, 0.15) is 5.82 Å². The van der Waals surface area contributed by atoms with Crippen molar-refractivity contribution in [2.45, 2.75) is 13.0 Å². The fourth-order valence-electron chi connectivity index (χ4n) is 3.03. The molecule has 0 aliphatic carbocycles. The highest BCUT2D eigenvalue weighted by molar-refractivity contribution is 6.31. The second-order valence-electron chi connectivity index (χ2n) is 6.78. The molecule has 1 aliphatic rings. The average Bonchev–Trinajstić information content (AvgIpc) is 3.04. The summed E-state index contributed by atoms with van der Waals surface area (Å²) in [6.07, 6.45) is 0.125. The largest absolute Gasteiger partial charge is 0.378 e. The topological polar surface area (TPSA) is 52.7 Å². The summed E-state index contributed by atoms with van der Waals surface area (Å²) in [5.41, 5.74) is 2.57. The minimum atomic E-state index is -0.540. The Balaban J connectivity index is 1.59. The van der Waals surface area contributed by atoms with Crippen LogP contribution in [0.4, 0.5) is 15.8 Å². The van der Waals surface area contributed by atoms with Crippen molar-refractivity contribution in [1.29, 1.82) is 0 Å². The third-order valence-electron chi connectivity index (χ3n) is 4.63. The molecule has 0 saturated carbocycles. The van der Waals surface area contributed by atoms with Gasteiger partial charge in [-0.25, -0.2) is 4.39 Å². The Morgan fingerprint density at radius 1 is 1.26 bits per heavy atom. The van der Waals surface area contributed by atoms with Gasteiger partial charge < -0.3 is 15.1 Å². The lowest BCUT2D eigenvalue weighted by atomic mass is 10.1. The molecule has 1 heterocycles. The van der Waals surface area contributed by atoms with Crippen molar-refractivity contribution >= 4 is 34.8 Å². The Kier molecular flexibility index (Phi) is 5.65. The summed E-state index contributed by atoms with van der Waals surface area (Å²) in [6.45, 7) is 0.659. The van der Waals surface area contributed by atoms with Gasteiger partial charge in [0.2, 0.25) is 11.8 Å². The summed E-state index contributed by atoms with van der Waals surface area (Å²) in [4.78, 5) is 28.2. The number of amides is 2. The fourth-order valence-corrected chi connectivity index (χ4v) is 3.21. The molecule has 2 amide bonds. The number of hydrogen-bond donors (Lipinski definition) is 1. The Morgan fingerprint density at radius 2 is 1.96 bits per heavy atom. The zero-order valence-electron chi connectivity index (χ0n) is 15.2. The zero-order valence-corrected chi connectivity index (χ0v) is 16.0. The number of carbonyl (C=O) groups excluding carboxylic acids is 2. The highest BCUT2D eigenvalue weighted by Gasteiger charge is 2.35. The Labute approximate surface area is 162 Å². The quantitative estimate of drug-likeness (QED) is 0.854. The highest BCUT2D eigenvalue weighted by atomic mass is 35.5. The van der Waals surface area contributed by atoms with E-state index < -0.39 is 11.7 Å². The number of carbonyl (C=O) groups is 2. The first-order valence-electron chi connectivity index (χ1n) is 8.64. The molecular weight excluding hydrogens is 369 g/mol. The lowest BCUT2D eigenvalue weighted by Crippen LogP contribution is -2.32. The summed E-state index contributed by atoms with van der Waals surface area (Å²) < 4.78 is 13.3. The molecule has 2 aromatic rings. The normalized spacial score (nSPS) is 16.5. The maximum Gasteiger partial charge on any atom is 0.227 e. The van der Waals surface area contributed by atoms with Crippen molar-refractivity contribution in [3.8, 4) is 0 Å². The number of hydrogen-bond acceptors (Lipinski definition) is 3. The first-order valence-corrected chi connectivity index (χ1v) is 9.02. The maximum atomic E-state index is 13.3. The van der Waals surface area contributed by atoms with Gasteiger partial charge in [-0.2, -0.15) is 0 Å². The summed E-state index contributed by atoms with van der Waals surface area (Å²) in [7, 11) is 3.93. The van der Waals surface area contributed by atoms with Crippen LogP contribution in [0.3, 0.4) is 0 Å². The van der Waals surface area contributed by atoms with E-state index in [1.165, 1.54) is 23.1 Å². The molecule has 1 fully saturated rings. The Morgan fingerprint density at radius 3 is 2.59 bits per heavy atom. The molecular formula is C20H21ClFN3O2. The first kappa shape index (κ1) is 19.2. The van der Waals surface area contributed by atoms with E-state index in [4.69, 9.17) is 11.6 Å². The van der Waals surface area contributed by atoms with Crippen molar-refractivity contribution in [2.75, 3.05) is 30.4 Å². The molecule has 142 valence electrons. The molecule has 7 heteroatoms. The molecule has 3 rings (SSSR count). The average molecular weight is 390 g/mol. The van der Waals surface area contributed by atoms with Crippen LogP contribution >= 0.6 is 11.6 Å². The van der Waals surface area contributed by atoms with Crippen molar-refractivity contribution in [1.82, 2.24) is 5.32 Å². The molecule has 1 atom stereocenters. The third kappa shape index (κ3) is 4.39. The van der Waals surface area contributed by atoms with Crippen LogP contribution in [0.15, 0.2) is 42.5 Å². The predicted octanol–water partition coefficient (Wildman–Crippen LogP) is 3.21. The van der Waals surface area contributed by atoms with Crippen LogP contribution in [0.1, 0.15) is 12.0 Å². The van der Waals surface area contributed by atoms with Gasteiger partial charge in [-0.3, -0.25) is 9.59 Å². The van der Waals surface area contributed by atoms with Gasteiger partial charge in [0.05, 0.1) is 10.9 Å². The Hall–Kier alpha value is -2.60. The highest BCUT2D eigenvalue weighted by Crippen LogP contribution is 2.28. The van der Waals surface area contributed by atoms with E-state index in [9.17, 15) is 14.0 Å². The summed E-state index contributed by atoms with van der Waals surface area (Å²) >= 11 is 5.79. The first-order chi connectivity index (χ1) is 12.8. The van der Waals surface area contributed by atoms with Crippen LogP contribution in [0.2, 0.25) is 5.02 Å². The van der Waals surface area contributed by atoms with E-state index in [0.717, 1.165) is 11.3 Å². The van der Waals surface area contributed by atoms with Crippen LogP contribution in [0.5, 0.6) is 0 Å². The SMILES string of the molecule is CN(C)c1ccc(CNC(=O)[C@@H]2CC(=O)N(c3ccc(F)c(Cl)c3)C2)cc1. The molecule has 0 radical (unpaired) electrons. The van der Waals surface area contributed by atoms with E-state index in [2.05, 4.69) is 5.32 Å². The number of benzene rings is 2. The lowest BCUT2D eigenvalue weighted by Gasteiger charge is -2.17. The third-order valence-corrected chi connectivity index (χ3v) is 4.92. The van der Waals surface area contributed by atoms with Gasteiger partial charge >= 0.3 is 0 Å². The molecule has 0 spiro atoms. The van der Waals surface area contributed by atoms with Gasteiger partial charge in [0.25, 0.3) is 0 Å². The number of nitrogens with zero attached hydrogens (tertiary/aromatic N) is 2. The minimum absolute atomic E-state index is 0.0469. The van der Waals surface area contributed by atoms with Crippen molar-refractivity contribution in [3.05, 3.63) is 58.9 Å². The van der Waals surface area contributed by atoms with Crippen LogP contribution < -0.4 is 15.1 Å². The van der Waals surface area contributed by atoms with Crippen LogP contribution in [-0.2, 0) is 16.1 Å². The van der Waals surface area contributed by atoms with Gasteiger partial charge in [0.15, 0.2) is 0 Å². The zero-order chi connectivity index (χ0) is 19.6. The molecule has 5 nitrogen and oxygen atoms in total. The van der Waals surface area contributed by atoms with Crippen LogP contribution in [0, 0.1) is 11.7 Å². The molecule has 2 aromatic carbocycles. The standard InChI is InChI=1S/C20H21ClFN3O2/c1-24(2)15-5-3-13(4-6-15)11-23-20(27)14-9-19(26)25(12-14)16-7-8-18(22)17(21)10-16/h3-8,10,14H,9,11-12H2,1-2H3,(H,23,27)/t14-/m1/s1. The molecule has 0 aromatic heterocycles. The van der Waals surface area contributed by atoms with Crippen molar-refractivity contribution < 1.29 is 14.0 Å². The Bertz CT molecular complexity index is 855. The number of nitrogens with one attached hydrogen (secondary N) is 1. The van der Waals surface area contributed by atoms with Crippen molar-refractivity contribution in [3.63, 3.8) is 0 Å². The van der Waals surface area contributed by atoms with E-state index in [1.54, 1.807) is 0 Å². The van der Waals surface area contributed by atoms with Gasteiger partial charge in [-0.05, 0) is 35.9 Å². The monoisotopic (exact) mass is 389 g/mol. The van der Waals surface area contributed by atoms with E-state index in [1.807, 2.05) is 43.3 Å². The van der Waals surface area contributed by atoms with Crippen LogP contribution in [-0.4, -0.2) is 32.5 Å². The molecule has 0 unspecified atom stereocenters. The molecule has 1 saturated heterocycles. The van der Waals surface area contributed by atoms with Gasteiger partial charge in [0, 0.05) is 45.0 Å². The predicted molar refractivity (Wildman–Crippen MR) is 104 cm³/mol. The van der Waals surface area contributed by atoms with Gasteiger partial charge in [-0.15, -0.1) is 0 Å². The fraction of sp³-hybridized carbons (Fsp3) is 0.300. The van der Waals surface area contributed by atoms with Gasteiger partial charge in [-0.1, -0.05) is 23.7 Å². The lowest BCUT2D eigenvalue weighted by molar-refractivity contribution is -0.126. The van der Waals surface area contributed by atoms with Crippen molar-refractivity contribution in [2.24, 2.45) is 5.92 Å². The molecule has 27 heavy (non-hydrogen) atoms. The molecule has 0 bridgehead atoms. The number of rotatable bonds is 5. The molecule has 1 aliphatic heterocycles. The molecule has 1 N–H and O–H groups in total. The second kappa shape index (κ2) is 7.96. The number of halogens is 2. The maximum absolute atomic E-state index is 13.3. The smallest absolute Gasteiger partial charge is 0.227 e. The summed E-state index contributed by atoms with van der Waals surface area (Å²) in [5, 5.41) is 2.84.